The fourth-order valence-corrected chi connectivity index (χ4v) is 13.4. The van der Waals surface area contributed by atoms with Crippen LogP contribution < -0.4 is 20.1 Å². The second-order valence-corrected chi connectivity index (χ2v) is 21.3. The summed E-state index contributed by atoms with van der Waals surface area (Å²) >= 11 is 5.45. The fraction of sp³-hybridized carbons (Fsp3) is 0.391. The van der Waals surface area contributed by atoms with Gasteiger partial charge in [0.25, 0.3) is 11.8 Å². The first-order valence-corrected chi connectivity index (χ1v) is 24.7. The summed E-state index contributed by atoms with van der Waals surface area (Å²) in [5.74, 6) is -0.263. The first-order valence-electron chi connectivity index (χ1n) is 21.4. The van der Waals surface area contributed by atoms with Crippen LogP contribution in [0.5, 0.6) is 11.5 Å². The van der Waals surface area contributed by atoms with E-state index in [1.807, 2.05) is 47.9 Å². The van der Waals surface area contributed by atoms with Crippen molar-refractivity contribution in [1.29, 1.82) is 0 Å². The van der Waals surface area contributed by atoms with E-state index < -0.39 is 0 Å². The number of anilines is 2. The number of amides is 6. The number of nitrogens with zero attached hydrogens (tertiary/aromatic N) is 6. The molecule has 0 unspecified atom stereocenters. The van der Waals surface area contributed by atoms with Gasteiger partial charge in [0.1, 0.15) is 11.5 Å². The minimum absolute atomic E-state index is 0.0727. The van der Waals surface area contributed by atoms with Crippen LogP contribution in [0.2, 0.25) is 0 Å². The zero-order chi connectivity index (χ0) is 47.0. The molecule has 4 aromatic rings. The standard InChI is InChI=1S/C46H50N8O8S4/c1-8-39(57)53-28-9-10-29(53)23-52(22-28)42(59)32-17-38(25(3)16-35(32)61-6)64-44-34(50-46(66-44)49-27(5)56)13-14-40(58)51-20-30-11-12-31(21-51)54(30)43(60)33-18-37(24(2)15-36(33)62-7)63-41-19-47-45(65-41)48-26(4)55/h8,13-19,28-31H,1,9-12,20-23H2,2-7H3,(H,47,48,55)(H,49,50,56)/b14-13-/t28-,29+,30-,31+. The Morgan fingerprint density at radius 1 is 0.712 bits per heavy atom. The molecule has 4 aliphatic rings. The van der Waals surface area contributed by atoms with Gasteiger partial charge >= 0.3 is 0 Å². The zero-order valence-electron chi connectivity index (χ0n) is 37.4. The molecule has 2 N–H and O–H groups in total. The van der Waals surface area contributed by atoms with Crippen LogP contribution in [-0.4, -0.2) is 130 Å². The van der Waals surface area contributed by atoms with E-state index in [1.165, 1.54) is 79.3 Å². The smallest absolute Gasteiger partial charge is 0.258 e. The zero-order valence-corrected chi connectivity index (χ0v) is 40.6. The maximum Gasteiger partial charge on any atom is 0.258 e. The SMILES string of the molecule is C=CC(=O)N1[C@@H]2CC[C@H]1CN(C(=O)c1cc(Sc3sc(NC(C)=O)nc3/C=C\C(=O)N3C[C@H]4CC[C@@H](C3)N4C(=O)c3cc(Sc4cnc(NC(C)=O)s4)c(C)cc3OC)c(C)cc1OC)C2. The molecule has 346 valence electrons. The summed E-state index contributed by atoms with van der Waals surface area (Å²) in [6.07, 6.45) is 9.30. The van der Waals surface area contributed by atoms with Gasteiger partial charge in [-0.25, -0.2) is 9.97 Å². The van der Waals surface area contributed by atoms with E-state index in [9.17, 15) is 28.8 Å². The van der Waals surface area contributed by atoms with Crippen molar-refractivity contribution in [3.8, 4) is 11.5 Å². The molecule has 66 heavy (non-hydrogen) atoms. The molecule has 16 nitrogen and oxygen atoms in total. The van der Waals surface area contributed by atoms with Gasteiger partial charge in [-0.1, -0.05) is 52.8 Å². The molecule has 4 atom stereocenters. The van der Waals surface area contributed by atoms with Crippen LogP contribution in [0.1, 0.15) is 77.1 Å². The van der Waals surface area contributed by atoms with Crippen LogP contribution in [0, 0.1) is 13.8 Å². The summed E-state index contributed by atoms with van der Waals surface area (Å²) in [6, 6.07) is 6.81. The molecule has 0 radical (unpaired) electrons. The third-order valence-corrected chi connectivity index (χ3v) is 16.7. The number of thiazole rings is 2. The Bertz CT molecular complexity index is 2640. The molecule has 4 aliphatic heterocycles. The molecule has 0 saturated carbocycles. The summed E-state index contributed by atoms with van der Waals surface area (Å²) in [5, 5.41) is 6.33. The highest BCUT2D eigenvalue weighted by atomic mass is 32.2. The van der Waals surface area contributed by atoms with E-state index in [1.54, 1.807) is 29.2 Å². The molecular weight excluding hydrogens is 921 g/mol. The first kappa shape index (κ1) is 46.8. The van der Waals surface area contributed by atoms with E-state index in [0.29, 0.717) is 69.0 Å². The number of nitrogens with one attached hydrogen (secondary N) is 2. The normalized spacial score (nSPS) is 19.8. The Morgan fingerprint density at radius 3 is 1.80 bits per heavy atom. The highest BCUT2D eigenvalue weighted by molar-refractivity contribution is 8.01. The summed E-state index contributed by atoms with van der Waals surface area (Å²) in [4.78, 5) is 96.6. The van der Waals surface area contributed by atoms with Crippen molar-refractivity contribution in [2.24, 2.45) is 0 Å². The van der Waals surface area contributed by atoms with E-state index in [-0.39, 0.29) is 59.6 Å². The van der Waals surface area contributed by atoms with Crippen molar-refractivity contribution >= 4 is 98.0 Å². The fourth-order valence-electron chi connectivity index (χ4n) is 9.15. The van der Waals surface area contributed by atoms with Gasteiger partial charge in [-0.15, -0.1) is 0 Å². The van der Waals surface area contributed by atoms with Crippen LogP contribution in [0.4, 0.5) is 10.3 Å². The second kappa shape index (κ2) is 19.6. The van der Waals surface area contributed by atoms with Gasteiger partial charge in [0.15, 0.2) is 10.3 Å². The summed E-state index contributed by atoms with van der Waals surface area (Å²) in [5.41, 5.74) is 3.09. The Kier molecular flexibility index (Phi) is 13.9. The molecule has 2 aromatic carbocycles. The van der Waals surface area contributed by atoms with Crippen molar-refractivity contribution in [2.75, 3.05) is 51.0 Å². The number of hydrogen-bond donors (Lipinski definition) is 2. The number of aryl methyl sites for hydroxylation is 2. The molecule has 0 aliphatic carbocycles. The van der Waals surface area contributed by atoms with Crippen LogP contribution >= 0.6 is 46.2 Å². The number of rotatable bonds is 13. The first-order chi connectivity index (χ1) is 31.6. The maximum atomic E-state index is 14.4. The number of carbonyl (C=O) groups excluding carboxylic acids is 6. The minimum Gasteiger partial charge on any atom is -0.496 e. The average molecular weight is 971 g/mol. The lowest BCUT2D eigenvalue weighted by molar-refractivity contribution is -0.131. The Morgan fingerprint density at radius 2 is 1.24 bits per heavy atom. The van der Waals surface area contributed by atoms with Gasteiger partial charge in [0, 0.05) is 55.9 Å². The van der Waals surface area contributed by atoms with Gasteiger partial charge in [0.2, 0.25) is 23.6 Å². The summed E-state index contributed by atoms with van der Waals surface area (Å²) in [7, 11) is 3.08. The number of aromatic nitrogens is 2. The van der Waals surface area contributed by atoms with Crippen molar-refractivity contribution in [2.45, 2.75) is 95.8 Å². The Hall–Kier alpha value is -5.70. The number of carbonyl (C=O) groups is 6. The molecule has 4 saturated heterocycles. The van der Waals surface area contributed by atoms with Crippen molar-refractivity contribution in [1.82, 2.24) is 29.6 Å². The lowest BCUT2D eigenvalue weighted by Gasteiger charge is -2.41. The number of hydrogen-bond acceptors (Lipinski definition) is 14. The predicted octanol–water partition coefficient (Wildman–Crippen LogP) is 6.98. The Balaban J connectivity index is 0.976. The van der Waals surface area contributed by atoms with Crippen molar-refractivity contribution < 1.29 is 38.2 Å². The number of benzene rings is 2. The van der Waals surface area contributed by atoms with Crippen molar-refractivity contribution in [3.05, 3.63) is 77.1 Å². The quantitative estimate of drug-likeness (QED) is 0.131. The maximum absolute atomic E-state index is 14.4. The lowest BCUT2D eigenvalue weighted by Crippen LogP contribution is -2.56. The molecule has 0 spiro atoms. The van der Waals surface area contributed by atoms with Gasteiger partial charge in [-0.3, -0.25) is 28.8 Å². The molecule has 8 rings (SSSR count). The van der Waals surface area contributed by atoms with Gasteiger partial charge in [-0.2, -0.15) is 0 Å². The second-order valence-electron chi connectivity index (χ2n) is 16.6. The van der Waals surface area contributed by atoms with Gasteiger partial charge < -0.3 is 39.7 Å². The molecule has 4 bridgehead atoms. The van der Waals surface area contributed by atoms with Crippen LogP contribution in [0.25, 0.3) is 6.08 Å². The highest BCUT2D eigenvalue weighted by Crippen LogP contribution is 2.43. The summed E-state index contributed by atoms with van der Waals surface area (Å²) < 4.78 is 13.0. The van der Waals surface area contributed by atoms with Crippen molar-refractivity contribution in [3.63, 3.8) is 0 Å². The predicted molar refractivity (Wildman–Crippen MR) is 255 cm³/mol. The Labute approximate surface area is 399 Å². The number of methoxy groups -OCH3 is 2. The van der Waals surface area contributed by atoms with E-state index >= 15 is 0 Å². The van der Waals surface area contributed by atoms with E-state index in [4.69, 9.17) is 9.47 Å². The van der Waals surface area contributed by atoms with Crippen LogP contribution in [-0.2, 0) is 19.2 Å². The van der Waals surface area contributed by atoms with Crippen LogP contribution in [0.15, 0.2) is 67.4 Å². The number of fused-ring (bicyclic) bond motifs is 4. The molecular formula is C46H50N8O8S4. The molecule has 4 fully saturated rings. The van der Waals surface area contributed by atoms with E-state index in [2.05, 4.69) is 27.2 Å². The van der Waals surface area contributed by atoms with Gasteiger partial charge in [0.05, 0.1) is 69.8 Å². The molecule has 2 aromatic heterocycles. The monoisotopic (exact) mass is 970 g/mol. The minimum atomic E-state index is -0.289. The van der Waals surface area contributed by atoms with Crippen LogP contribution in [0.3, 0.4) is 0 Å². The molecule has 20 heteroatoms. The topological polar surface area (TPSA) is 184 Å². The molecule has 6 heterocycles. The van der Waals surface area contributed by atoms with E-state index in [0.717, 1.165) is 50.8 Å². The lowest BCUT2D eigenvalue weighted by atomic mass is 10.1. The third-order valence-electron chi connectivity index (χ3n) is 12.1. The average Bonchev–Trinajstić information content (AvgIpc) is 4.03. The number of ether oxygens (including phenoxy) is 2. The highest BCUT2D eigenvalue weighted by Gasteiger charge is 2.45. The number of piperazine rings is 2. The van der Waals surface area contributed by atoms with Gasteiger partial charge in [-0.05, 0) is 87.1 Å². The largest absolute Gasteiger partial charge is 0.496 e. The third kappa shape index (κ3) is 9.72. The number of likely N-dealkylation sites (tertiary alicyclic amines) is 2. The molecule has 6 amide bonds. The summed E-state index contributed by atoms with van der Waals surface area (Å²) in [6.45, 7) is 11.9.